The van der Waals surface area contributed by atoms with Crippen LogP contribution in [0, 0.1) is 5.41 Å². The van der Waals surface area contributed by atoms with Crippen LogP contribution in [-0.2, 0) is 4.79 Å². The Bertz CT molecular complexity index is 808. The molecule has 3 N–H and O–H groups in total. The fraction of sp³-hybridized carbons (Fsp3) is 0.478. The zero-order chi connectivity index (χ0) is 21.4. The first-order chi connectivity index (χ1) is 14.5. The van der Waals surface area contributed by atoms with Crippen LogP contribution in [0.3, 0.4) is 0 Å². The van der Waals surface area contributed by atoms with Gasteiger partial charge in [0.1, 0.15) is 6.67 Å². The summed E-state index contributed by atoms with van der Waals surface area (Å²) in [5.41, 5.74) is 9.44. The number of pyridine rings is 1. The number of nitrogens with zero attached hydrogens (tertiary/aromatic N) is 3. The third-order valence-electron chi connectivity index (χ3n) is 6.25. The average molecular weight is 414 g/mol. The lowest BCUT2D eigenvalue weighted by Gasteiger charge is -2.37. The summed E-state index contributed by atoms with van der Waals surface area (Å²) in [6.45, 7) is 5.18. The first kappa shape index (κ1) is 22.2. The van der Waals surface area contributed by atoms with Crippen LogP contribution in [0.25, 0.3) is 11.1 Å². The van der Waals surface area contributed by atoms with E-state index in [9.17, 15) is 9.18 Å². The molecule has 3 heterocycles. The van der Waals surface area contributed by atoms with E-state index < -0.39 is 0 Å². The molecule has 2 aromatic rings. The molecule has 2 aliphatic rings. The molecule has 1 aromatic heterocycles. The van der Waals surface area contributed by atoms with Gasteiger partial charge in [0, 0.05) is 25.5 Å². The van der Waals surface area contributed by atoms with Crippen LogP contribution in [0.2, 0.25) is 0 Å². The Morgan fingerprint density at radius 1 is 1.13 bits per heavy atom. The van der Waals surface area contributed by atoms with Gasteiger partial charge in [-0.1, -0.05) is 6.07 Å². The van der Waals surface area contributed by atoms with E-state index in [0.717, 1.165) is 24.2 Å². The van der Waals surface area contributed by atoms with Crippen molar-refractivity contribution in [1.29, 1.82) is 0 Å². The number of benzene rings is 1. The van der Waals surface area contributed by atoms with Crippen LogP contribution in [0.1, 0.15) is 19.3 Å². The molecule has 2 fully saturated rings. The second kappa shape index (κ2) is 10.5. The van der Waals surface area contributed by atoms with Gasteiger partial charge < -0.3 is 20.9 Å². The molecule has 1 spiro atoms. The van der Waals surface area contributed by atoms with Gasteiger partial charge in [0.05, 0.1) is 11.4 Å². The van der Waals surface area contributed by atoms with Crippen LogP contribution < -0.4 is 11.1 Å². The van der Waals surface area contributed by atoms with E-state index in [0.29, 0.717) is 29.7 Å². The number of carbonyl (C=O) groups is 1. The summed E-state index contributed by atoms with van der Waals surface area (Å²) >= 11 is 0. The number of hydrogen-bond acceptors (Lipinski definition) is 5. The minimum absolute atomic E-state index is 0.185. The van der Waals surface area contributed by atoms with Gasteiger partial charge in [0.15, 0.2) is 0 Å². The Hall–Kier alpha value is -2.51. The van der Waals surface area contributed by atoms with E-state index >= 15 is 0 Å². The molecule has 0 atom stereocenters. The van der Waals surface area contributed by atoms with Gasteiger partial charge in [-0.15, -0.1) is 0 Å². The number of amides is 1. The van der Waals surface area contributed by atoms with Crippen molar-refractivity contribution in [2.75, 3.05) is 57.5 Å². The quantitative estimate of drug-likeness (QED) is 0.581. The third kappa shape index (κ3) is 5.77. The maximum absolute atomic E-state index is 12.2. The number of piperidine rings is 1. The molecule has 0 unspecified atom stereocenters. The number of halogens is 1. The SMILES string of the molecule is CN1CCC2(CC1)CCN(CCF)C2.Nc1ccc(-c2ccncc2)cc1NC=O. The van der Waals surface area contributed by atoms with Crippen molar-refractivity contribution in [1.82, 2.24) is 14.8 Å². The van der Waals surface area contributed by atoms with Crippen LogP contribution in [0.5, 0.6) is 0 Å². The molecule has 0 radical (unpaired) electrons. The Kier molecular flexibility index (Phi) is 7.76. The van der Waals surface area contributed by atoms with Crippen molar-refractivity contribution in [2.24, 2.45) is 5.41 Å². The van der Waals surface area contributed by atoms with E-state index in [4.69, 9.17) is 5.73 Å². The summed E-state index contributed by atoms with van der Waals surface area (Å²) < 4.78 is 12.2. The van der Waals surface area contributed by atoms with Crippen molar-refractivity contribution < 1.29 is 9.18 Å². The summed E-state index contributed by atoms with van der Waals surface area (Å²) in [4.78, 5) is 19.1. The molecule has 0 bridgehead atoms. The first-order valence-electron chi connectivity index (χ1n) is 10.5. The molecular weight excluding hydrogens is 381 g/mol. The molecule has 4 rings (SSSR count). The van der Waals surface area contributed by atoms with Gasteiger partial charge in [-0.3, -0.25) is 9.78 Å². The van der Waals surface area contributed by atoms with Gasteiger partial charge in [0.2, 0.25) is 6.41 Å². The lowest BCUT2D eigenvalue weighted by atomic mass is 9.78. The highest BCUT2D eigenvalue weighted by atomic mass is 19.1. The Morgan fingerprint density at radius 2 is 1.83 bits per heavy atom. The van der Waals surface area contributed by atoms with Crippen molar-refractivity contribution in [3.05, 3.63) is 42.7 Å². The summed E-state index contributed by atoms with van der Waals surface area (Å²) in [5.74, 6) is 0. The van der Waals surface area contributed by atoms with Crippen LogP contribution in [0.15, 0.2) is 42.7 Å². The van der Waals surface area contributed by atoms with E-state index in [-0.39, 0.29) is 6.67 Å². The Labute approximate surface area is 178 Å². The summed E-state index contributed by atoms with van der Waals surface area (Å²) in [6, 6.07) is 9.30. The predicted molar refractivity (Wildman–Crippen MR) is 120 cm³/mol. The van der Waals surface area contributed by atoms with Crippen LogP contribution in [0.4, 0.5) is 15.8 Å². The highest BCUT2D eigenvalue weighted by molar-refractivity contribution is 5.83. The highest BCUT2D eigenvalue weighted by Crippen LogP contribution is 2.39. The van der Waals surface area contributed by atoms with Crippen LogP contribution >= 0.6 is 0 Å². The van der Waals surface area contributed by atoms with E-state index in [1.165, 1.54) is 32.4 Å². The van der Waals surface area contributed by atoms with Crippen molar-refractivity contribution in [3.63, 3.8) is 0 Å². The molecule has 7 heteroatoms. The molecule has 162 valence electrons. The third-order valence-corrected chi connectivity index (χ3v) is 6.25. The highest BCUT2D eigenvalue weighted by Gasteiger charge is 2.39. The monoisotopic (exact) mass is 413 g/mol. The zero-order valence-corrected chi connectivity index (χ0v) is 17.7. The Balaban J connectivity index is 0.000000172. The van der Waals surface area contributed by atoms with Gasteiger partial charge >= 0.3 is 0 Å². The maximum Gasteiger partial charge on any atom is 0.211 e. The minimum atomic E-state index is -0.185. The molecule has 0 aliphatic carbocycles. The normalized spacial score (nSPS) is 18.6. The average Bonchev–Trinajstić information content (AvgIpc) is 3.16. The topological polar surface area (TPSA) is 74.5 Å². The Morgan fingerprint density at radius 3 is 2.50 bits per heavy atom. The largest absolute Gasteiger partial charge is 0.397 e. The molecule has 2 aliphatic heterocycles. The standard InChI is InChI=1S/C12H11N3O.C11H21FN2/c13-11-2-1-10(7-12(11)15-8-16)9-3-5-14-6-4-9;1-13-6-2-11(3-7-13)4-8-14(10-11)9-5-12/h1-8H,13H2,(H,15,16);2-10H2,1H3. The second-order valence-electron chi connectivity index (χ2n) is 8.32. The molecule has 1 aromatic carbocycles. The predicted octanol–water partition coefficient (Wildman–Crippen LogP) is 3.27. The molecule has 30 heavy (non-hydrogen) atoms. The molecular formula is C23H32FN5O. The second-order valence-corrected chi connectivity index (χ2v) is 8.32. The van der Waals surface area contributed by atoms with Gasteiger partial charge in [-0.2, -0.15) is 0 Å². The molecule has 6 nitrogen and oxygen atoms in total. The number of nitrogen functional groups attached to an aromatic ring is 1. The van der Waals surface area contributed by atoms with Crippen molar-refractivity contribution in [3.8, 4) is 11.1 Å². The first-order valence-corrected chi connectivity index (χ1v) is 10.5. The maximum atomic E-state index is 12.2. The number of carbonyl (C=O) groups excluding carboxylic acids is 1. The number of nitrogens with two attached hydrogens (primary N) is 1. The fourth-order valence-corrected chi connectivity index (χ4v) is 4.31. The summed E-state index contributed by atoms with van der Waals surface area (Å²) in [5, 5.41) is 2.56. The van der Waals surface area contributed by atoms with Gasteiger partial charge in [-0.25, -0.2) is 4.39 Å². The van der Waals surface area contributed by atoms with Crippen LogP contribution in [-0.4, -0.2) is 67.6 Å². The summed E-state index contributed by atoms with van der Waals surface area (Å²) in [6.07, 6.45) is 7.97. The number of hydrogen-bond donors (Lipinski definition) is 2. The van der Waals surface area contributed by atoms with Crippen molar-refractivity contribution in [2.45, 2.75) is 19.3 Å². The fourth-order valence-electron chi connectivity index (χ4n) is 4.31. The molecule has 2 saturated heterocycles. The van der Waals surface area contributed by atoms with Gasteiger partial charge in [0.25, 0.3) is 0 Å². The lowest BCUT2D eigenvalue weighted by molar-refractivity contribution is -0.105. The number of nitrogens with one attached hydrogen (secondary N) is 1. The van der Waals surface area contributed by atoms with E-state index in [2.05, 4.69) is 27.1 Å². The zero-order valence-electron chi connectivity index (χ0n) is 17.7. The number of rotatable bonds is 5. The van der Waals surface area contributed by atoms with E-state index in [1.807, 2.05) is 24.3 Å². The smallest absolute Gasteiger partial charge is 0.211 e. The number of aromatic nitrogens is 1. The van der Waals surface area contributed by atoms with Gasteiger partial charge in [-0.05, 0) is 86.8 Å². The molecule has 0 saturated carbocycles. The van der Waals surface area contributed by atoms with E-state index in [1.54, 1.807) is 18.5 Å². The lowest BCUT2D eigenvalue weighted by Crippen LogP contribution is -2.39. The number of likely N-dealkylation sites (tertiary alicyclic amines) is 2. The van der Waals surface area contributed by atoms with Crippen molar-refractivity contribution >= 4 is 17.8 Å². The summed E-state index contributed by atoms with van der Waals surface area (Å²) in [7, 11) is 2.20. The minimum Gasteiger partial charge on any atom is -0.397 e. The molecule has 1 amide bonds. The number of alkyl halides is 1. The number of anilines is 2.